The number of aliphatic carboxylic acids is 1. The van der Waals surface area contributed by atoms with Crippen LogP contribution in [-0.4, -0.2) is 21.3 Å². The molecule has 1 aromatic heterocycles. The molecule has 0 unspecified atom stereocenters. The van der Waals surface area contributed by atoms with Crippen LogP contribution in [0, 0.1) is 0 Å². The molecule has 0 aliphatic heterocycles. The summed E-state index contributed by atoms with van der Waals surface area (Å²) in [4.78, 5) is 11.0. The third kappa shape index (κ3) is 1.35. The van der Waals surface area contributed by atoms with Crippen LogP contribution in [0.1, 0.15) is 18.4 Å². The second-order valence-corrected chi connectivity index (χ2v) is 4.00. The summed E-state index contributed by atoms with van der Waals surface area (Å²) in [5, 5.41) is 16.4. The van der Waals surface area contributed by atoms with Crippen LogP contribution >= 0.6 is 23.2 Å². The van der Waals surface area contributed by atoms with Crippen LogP contribution in [0.4, 0.5) is 0 Å². The van der Waals surface area contributed by atoms with E-state index >= 15 is 0 Å². The van der Waals surface area contributed by atoms with Gasteiger partial charge in [0.1, 0.15) is 0 Å². The lowest BCUT2D eigenvalue weighted by molar-refractivity contribution is -0.140. The van der Waals surface area contributed by atoms with E-state index in [0.717, 1.165) is 0 Å². The van der Waals surface area contributed by atoms with Crippen molar-refractivity contribution in [2.24, 2.45) is 0 Å². The Balaban J connectivity index is 2.51. The number of aromatic nitrogens is 2. The van der Waals surface area contributed by atoms with E-state index in [4.69, 9.17) is 28.3 Å². The Hall–Kier alpha value is -0.870. The number of carboxylic acid groups (broad SMARTS) is 1. The summed E-state index contributed by atoms with van der Waals surface area (Å²) in [6.07, 6.45) is 1.15. The molecule has 4 nitrogen and oxygen atoms in total. The van der Waals surface area contributed by atoms with E-state index in [2.05, 4.69) is 10.2 Å². The zero-order chi connectivity index (χ0) is 10.3. The van der Waals surface area contributed by atoms with Gasteiger partial charge in [-0.1, -0.05) is 23.2 Å². The van der Waals surface area contributed by atoms with Gasteiger partial charge in [0.2, 0.25) is 0 Å². The van der Waals surface area contributed by atoms with Gasteiger partial charge in [0.15, 0.2) is 10.3 Å². The van der Waals surface area contributed by atoms with Gasteiger partial charge in [-0.15, -0.1) is 10.2 Å². The zero-order valence-electron chi connectivity index (χ0n) is 7.00. The molecule has 1 saturated carbocycles. The highest BCUT2D eigenvalue weighted by molar-refractivity contribution is 6.32. The van der Waals surface area contributed by atoms with Crippen molar-refractivity contribution >= 4 is 29.2 Å². The smallest absolute Gasteiger partial charge is 0.314 e. The number of hydrogen-bond donors (Lipinski definition) is 1. The predicted octanol–water partition coefficient (Wildman–Crippen LogP) is 1.90. The molecule has 1 heterocycles. The minimum atomic E-state index is -0.886. The fourth-order valence-electron chi connectivity index (χ4n) is 1.41. The molecule has 6 heteroatoms. The summed E-state index contributed by atoms with van der Waals surface area (Å²) in [5.41, 5.74) is -0.414. The second kappa shape index (κ2) is 3.07. The maximum Gasteiger partial charge on any atom is 0.314 e. The largest absolute Gasteiger partial charge is 0.481 e. The van der Waals surface area contributed by atoms with Crippen LogP contribution in [-0.2, 0) is 10.2 Å². The standard InChI is InChI=1S/C8H6Cl2N2O2/c9-5-3-4(6(10)12-11-5)8(1-2-8)7(13)14/h3H,1-2H2,(H,13,14). The quantitative estimate of drug-likeness (QED) is 0.847. The molecule has 0 atom stereocenters. The highest BCUT2D eigenvalue weighted by atomic mass is 35.5. The van der Waals surface area contributed by atoms with E-state index in [1.807, 2.05) is 0 Å². The minimum Gasteiger partial charge on any atom is -0.481 e. The fraction of sp³-hybridized carbons (Fsp3) is 0.375. The first-order chi connectivity index (χ1) is 6.56. The van der Waals surface area contributed by atoms with Crippen LogP contribution in [0.15, 0.2) is 6.07 Å². The Kier molecular flexibility index (Phi) is 2.12. The summed E-state index contributed by atoms with van der Waals surface area (Å²) < 4.78 is 0. The van der Waals surface area contributed by atoms with E-state index in [1.165, 1.54) is 6.07 Å². The summed E-state index contributed by atoms with van der Waals surface area (Å²) in [5.74, 6) is -0.886. The lowest BCUT2D eigenvalue weighted by atomic mass is 9.99. The number of carboxylic acids is 1. The Morgan fingerprint density at radius 2 is 2.07 bits per heavy atom. The van der Waals surface area contributed by atoms with Crippen molar-refractivity contribution in [1.82, 2.24) is 10.2 Å². The Morgan fingerprint density at radius 3 is 2.57 bits per heavy atom. The lowest BCUT2D eigenvalue weighted by Gasteiger charge is -2.10. The van der Waals surface area contributed by atoms with Crippen LogP contribution < -0.4 is 0 Å². The van der Waals surface area contributed by atoms with Gasteiger partial charge >= 0.3 is 5.97 Å². The molecule has 0 bridgehead atoms. The summed E-state index contributed by atoms with van der Waals surface area (Å²) >= 11 is 11.4. The second-order valence-electron chi connectivity index (χ2n) is 3.26. The minimum absolute atomic E-state index is 0.120. The van der Waals surface area contributed by atoms with Gasteiger partial charge in [-0.2, -0.15) is 0 Å². The van der Waals surface area contributed by atoms with Crippen molar-refractivity contribution in [2.75, 3.05) is 0 Å². The Bertz CT molecular complexity index is 404. The first-order valence-corrected chi connectivity index (χ1v) is 4.74. The SMILES string of the molecule is O=C(O)C1(c2cc(Cl)nnc2Cl)CC1. The molecule has 0 amide bonds. The molecule has 14 heavy (non-hydrogen) atoms. The van der Waals surface area contributed by atoms with Crippen molar-refractivity contribution in [3.05, 3.63) is 21.9 Å². The first kappa shape index (κ1) is 9.68. The topological polar surface area (TPSA) is 63.1 Å². The molecule has 0 saturated heterocycles. The van der Waals surface area contributed by atoms with Crippen molar-refractivity contribution < 1.29 is 9.90 Å². The van der Waals surface area contributed by atoms with Gasteiger partial charge in [0.05, 0.1) is 5.41 Å². The third-order valence-corrected chi connectivity index (χ3v) is 2.86. The molecule has 1 fully saturated rings. The third-order valence-electron chi connectivity index (χ3n) is 2.39. The molecule has 0 spiro atoms. The number of halogens is 2. The molecule has 74 valence electrons. The van der Waals surface area contributed by atoms with Gasteiger partial charge < -0.3 is 5.11 Å². The van der Waals surface area contributed by atoms with E-state index in [-0.39, 0.29) is 10.3 Å². The van der Waals surface area contributed by atoms with E-state index < -0.39 is 11.4 Å². The van der Waals surface area contributed by atoms with Crippen molar-refractivity contribution in [2.45, 2.75) is 18.3 Å². The van der Waals surface area contributed by atoms with E-state index in [1.54, 1.807) is 0 Å². The molecule has 2 rings (SSSR count). The van der Waals surface area contributed by atoms with Crippen LogP contribution in [0.25, 0.3) is 0 Å². The fourth-order valence-corrected chi connectivity index (χ4v) is 1.83. The van der Waals surface area contributed by atoms with Crippen molar-refractivity contribution in [1.29, 1.82) is 0 Å². The molecular formula is C8H6Cl2N2O2. The van der Waals surface area contributed by atoms with Gasteiger partial charge in [-0.05, 0) is 18.9 Å². The van der Waals surface area contributed by atoms with Crippen LogP contribution in [0.2, 0.25) is 10.3 Å². The first-order valence-electron chi connectivity index (χ1n) is 3.99. The summed E-state index contributed by atoms with van der Waals surface area (Å²) in [7, 11) is 0. The van der Waals surface area contributed by atoms with Crippen LogP contribution in [0.3, 0.4) is 0 Å². The summed E-state index contributed by atoms with van der Waals surface area (Å²) in [6, 6.07) is 1.47. The molecular weight excluding hydrogens is 227 g/mol. The van der Waals surface area contributed by atoms with Gasteiger partial charge in [0.25, 0.3) is 0 Å². The normalized spacial score (nSPS) is 17.9. The van der Waals surface area contributed by atoms with Crippen molar-refractivity contribution in [3.63, 3.8) is 0 Å². The van der Waals surface area contributed by atoms with Gasteiger partial charge in [-0.25, -0.2) is 0 Å². The Morgan fingerprint density at radius 1 is 1.43 bits per heavy atom. The van der Waals surface area contributed by atoms with Crippen LogP contribution in [0.5, 0.6) is 0 Å². The predicted molar refractivity (Wildman–Crippen MR) is 50.6 cm³/mol. The van der Waals surface area contributed by atoms with Gasteiger partial charge in [-0.3, -0.25) is 4.79 Å². The molecule has 1 aromatic rings. The van der Waals surface area contributed by atoms with Gasteiger partial charge in [0, 0.05) is 5.56 Å². The number of rotatable bonds is 2. The molecule has 0 aromatic carbocycles. The highest BCUT2D eigenvalue weighted by Gasteiger charge is 2.53. The van der Waals surface area contributed by atoms with E-state index in [0.29, 0.717) is 18.4 Å². The lowest BCUT2D eigenvalue weighted by Crippen LogP contribution is -2.20. The number of hydrogen-bond acceptors (Lipinski definition) is 3. The average Bonchev–Trinajstić information content (AvgIpc) is 2.90. The maximum absolute atomic E-state index is 11.0. The highest BCUT2D eigenvalue weighted by Crippen LogP contribution is 2.50. The average molecular weight is 233 g/mol. The van der Waals surface area contributed by atoms with E-state index in [9.17, 15) is 4.79 Å². The molecule has 1 aliphatic carbocycles. The maximum atomic E-state index is 11.0. The number of nitrogens with zero attached hydrogens (tertiary/aromatic N) is 2. The zero-order valence-corrected chi connectivity index (χ0v) is 8.51. The Labute approximate surface area is 89.9 Å². The number of carbonyl (C=O) groups is 1. The molecule has 1 N–H and O–H groups in total. The summed E-state index contributed by atoms with van der Waals surface area (Å²) in [6.45, 7) is 0. The molecule has 1 aliphatic rings. The monoisotopic (exact) mass is 232 g/mol. The van der Waals surface area contributed by atoms with Crippen molar-refractivity contribution in [3.8, 4) is 0 Å². The molecule has 0 radical (unpaired) electrons.